The molecule has 0 spiro atoms. The molecule has 2 aromatic rings. The largest absolute Gasteiger partial charge is 0.494 e. The number of benzene rings is 1. The molecule has 0 radical (unpaired) electrons. The molecular formula is C15H19N3O2. The van der Waals surface area contributed by atoms with Gasteiger partial charge in [-0.25, -0.2) is 0 Å². The standard InChI is InChI=1S/C15H19N3O2/c1-2-19-12-7-5-6-11(10-12)14-17-15(20-18-14)13-8-3-4-9-16-13/h5-7,10,13,16H,2-4,8-9H2,1H3. The molecular weight excluding hydrogens is 254 g/mol. The van der Waals surface area contributed by atoms with Crippen LogP contribution < -0.4 is 10.1 Å². The SMILES string of the molecule is CCOc1cccc(-c2noc(C3CCCCN3)n2)c1. The fourth-order valence-electron chi connectivity index (χ4n) is 2.45. The van der Waals surface area contributed by atoms with Crippen LogP contribution in [0.5, 0.6) is 5.75 Å². The topological polar surface area (TPSA) is 60.2 Å². The van der Waals surface area contributed by atoms with Crippen molar-refractivity contribution in [1.82, 2.24) is 15.5 Å². The summed E-state index contributed by atoms with van der Waals surface area (Å²) < 4.78 is 10.9. The van der Waals surface area contributed by atoms with E-state index >= 15 is 0 Å². The predicted octanol–water partition coefficient (Wildman–Crippen LogP) is 2.95. The van der Waals surface area contributed by atoms with E-state index in [-0.39, 0.29) is 6.04 Å². The van der Waals surface area contributed by atoms with Gasteiger partial charge in [-0.05, 0) is 38.4 Å². The minimum atomic E-state index is 0.195. The monoisotopic (exact) mass is 273 g/mol. The highest BCUT2D eigenvalue weighted by molar-refractivity contribution is 5.56. The molecule has 5 heteroatoms. The van der Waals surface area contributed by atoms with E-state index in [0.717, 1.165) is 24.3 Å². The average molecular weight is 273 g/mol. The Bertz CT molecular complexity index is 562. The van der Waals surface area contributed by atoms with Crippen LogP contribution in [0.1, 0.15) is 38.1 Å². The molecule has 20 heavy (non-hydrogen) atoms. The van der Waals surface area contributed by atoms with Crippen LogP contribution in [-0.2, 0) is 0 Å². The van der Waals surface area contributed by atoms with Crippen LogP contribution in [0, 0.1) is 0 Å². The zero-order valence-electron chi connectivity index (χ0n) is 11.6. The number of ether oxygens (including phenoxy) is 1. The van der Waals surface area contributed by atoms with Gasteiger partial charge in [0.2, 0.25) is 11.7 Å². The molecule has 1 unspecified atom stereocenters. The molecule has 1 aromatic carbocycles. The molecule has 0 bridgehead atoms. The molecule has 1 saturated heterocycles. The van der Waals surface area contributed by atoms with E-state index in [9.17, 15) is 0 Å². The summed E-state index contributed by atoms with van der Waals surface area (Å²) in [4.78, 5) is 4.51. The highest BCUT2D eigenvalue weighted by atomic mass is 16.5. The lowest BCUT2D eigenvalue weighted by Gasteiger charge is -2.19. The third-order valence-electron chi connectivity index (χ3n) is 3.45. The fourth-order valence-corrected chi connectivity index (χ4v) is 2.45. The van der Waals surface area contributed by atoms with Gasteiger partial charge in [0.25, 0.3) is 0 Å². The van der Waals surface area contributed by atoms with Crippen LogP contribution in [-0.4, -0.2) is 23.3 Å². The van der Waals surface area contributed by atoms with Crippen molar-refractivity contribution in [1.29, 1.82) is 0 Å². The number of hydrogen-bond acceptors (Lipinski definition) is 5. The van der Waals surface area contributed by atoms with Gasteiger partial charge in [-0.15, -0.1) is 0 Å². The Morgan fingerprint density at radius 3 is 3.15 bits per heavy atom. The lowest BCUT2D eigenvalue weighted by atomic mass is 10.1. The number of piperidine rings is 1. The molecule has 0 saturated carbocycles. The summed E-state index contributed by atoms with van der Waals surface area (Å²) in [5.41, 5.74) is 0.918. The first-order valence-electron chi connectivity index (χ1n) is 7.17. The molecule has 0 amide bonds. The van der Waals surface area contributed by atoms with E-state index in [1.165, 1.54) is 12.8 Å². The Balaban J connectivity index is 1.80. The molecule has 1 aliphatic rings. The van der Waals surface area contributed by atoms with Crippen LogP contribution in [0.15, 0.2) is 28.8 Å². The third-order valence-corrected chi connectivity index (χ3v) is 3.45. The zero-order valence-corrected chi connectivity index (χ0v) is 11.6. The van der Waals surface area contributed by atoms with Gasteiger partial charge in [0, 0.05) is 5.56 Å². The van der Waals surface area contributed by atoms with Crippen LogP contribution in [0.3, 0.4) is 0 Å². The second kappa shape index (κ2) is 6.05. The summed E-state index contributed by atoms with van der Waals surface area (Å²) in [5.74, 6) is 2.13. The van der Waals surface area contributed by atoms with Crippen molar-refractivity contribution in [2.45, 2.75) is 32.2 Å². The predicted molar refractivity (Wildman–Crippen MR) is 75.5 cm³/mol. The summed E-state index contributed by atoms with van der Waals surface area (Å²) >= 11 is 0. The highest BCUT2D eigenvalue weighted by Gasteiger charge is 2.21. The summed E-state index contributed by atoms with van der Waals surface area (Å²) in [5, 5.41) is 7.49. The second-order valence-electron chi connectivity index (χ2n) is 4.92. The molecule has 1 aliphatic heterocycles. The minimum Gasteiger partial charge on any atom is -0.494 e. The van der Waals surface area contributed by atoms with Crippen molar-refractivity contribution in [3.63, 3.8) is 0 Å². The van der Waals surface area contributed by atoms with Crippen LogP contribution in [0.4, 0.5) is 0 Å². The lowest BCUT2D eigenvalue weighted by molar-refractivity contribution is 0.297. The Kier molecular flexibility index (Phi) is 3.97. The minimum absolute atomic E-state index is 0.195. The van der Waals surface area contributed by atoms with Gasteiger partial charge in [-0.3, -0.25) is 0 Å². The number of hydrogen-bond donors (Lipinski definition) is 1. The molecule has 0 aliphatic carbocycles. The fraction of sp³-hybridized carbons (Fsp3) is 0.467. The van der Waals surface area contributed by atoms with Crippen molar-refractivity contribution in [2.24, 2.45) is 0 Å². The molecule has 1 N–H and O–H groups in total. The van der Waals surface area contributed by atoms with Crippen molar-refractivity contribution >= 4 is 0 Å². The van der Waals surface area contributed by atoms with E-state index in [0.29, 0.717) is 18.3 Å². The van der Waals surface area contributed by atoms with Gasteiger partial charge < -0.3 is 14.6 Å². The molecule has 1 fully saturated rings. The van der Waals surface area contributed by atoms with E-state index in [2.05, 4.69) is 15.5 Å². The van der Waals surface area contributed by atoms with Crippen molar-refractivity contribution in [3.8, 4) is 17.1 Å². The number of nitrogens with zero attached hydrogens (tertiary/aromatic N) is 2. The second-order valence-corrected chi connectivity index (χ2v) is 4.92. The Hall–Kier alpha value is -1.88. The Morgan fingerprint density at radius 2 is 2.35 bits per heavy atom. The van der Waals surface area contributed by atoms with Crippen molar-refractivity contribution in [3.05, 3.63) is 30.2 Å². The van der Waals surface area contributed by atoms with Crippen LogP contribution in [0.2, 0.25) is 0 Å². The van der Waals surface area contributed by atoms with E-state index < -0.39 is 0 Å². The molecule has 5 nitrogen and oxygen atoms in total. The maximum atomic E-state index is 5.49. The Labute approximate surface area is 118 Å². The highest BCUT2D eigenvalue weighted by Crippen LogP contribution is 2.25. The lowest BCUT2D eigenvalue weighted by Crippen LogP contribution is -2.26. The van der Waals surface area contributed by atoms with E-state index in [4.69, 9.17) is 9.26 Å². The van der Waals surface area contributed by atoms with Gasteiger partial charge >= 0.3 is 0 Å². The average Bonchev–Trinajstić information content (AvgIpc) is 2.99. The van der Waals surface area contributed by atoms with Gasteiger partial charge in [-0.1, -0.05) is 23.7 Å². The summed E-state index contributed by atoms with van der Waals surface area (Å²) in [7, 11) is 0. The first kappa shape index (κ1) is 13.1. The van der Waals surface area contributed by atoms with Crippen molar-refractivity contribution in [2.75, 3.05) is 13.2 Å². The quantitative estimate of drug-likeness (QED) is 0.928. The normalized spacial score (nSPS) is 18.9. The maximum Gasteiger partial charge on any atom is 0.244 e. The van der Waals surface area contributed by atoms with Crippen LogP contribution in [0.25, 0.3) is 11.4 Å². The maximum absolute atomic E-state index is 5.49. The van der Waals surface area contributed by atoms with Gasteiger partial charge in [0.1, 0.15) is 5.75 Å². The number of rotatable bonds is 4. The summed E-state index contributed by atoms with van der Waals surface area (Å²) in [6.45, 7) is 3.63. The smallest absolute Gasteiger partial charge is 0.244 e. The van der Waals surface area contributed by atoms with Gasteiger partial charge in [0.05, 0.1) is 12.6 Å². The molecule has 106 valence electrons. The third kappa shape index (κ3) is 2.82. The first-order chi connectivity index (χ1) is 9.86. The molecule has 1 atom stereocenters. The number of aromatic nitrogens is 2. The zero-order chi connectivity index (χ0) is 13.8. The van der Waals surface area contributed by atoms with Crippen molar-refractivity contribution < 1.29 is 9.26 Å². The van der Waals surface area contributed by atoms with E-state index in [1.807, 2.05) is 31.2 Å². The summed E-state index contributed by atoms with van der Waals surface area (Å²) in [6, 6.07) is 7.96. The number of nitrogens with one attached hydrogen (secondary N) is 1. The first-order valence-corrected chi connectivity index (χ1v) is 7.17. The Morgan fingerprint density at radius 1 is 1.40 bits per heavy atom. The van der Waals surface area contributed by atoms with E-state index in [1.54, 1.807) is 0 Å². The molecule has 3 rings (SSSR count). The van der Waals surface area contributed by atoms with Crippen LogP contribution >= 0.6 is 0 Å². The van der Waals surface area contributed by atoms with Gasteiger partial charge in [0.15, 0.2) is 0 Å². The summed E-state index contributed by atoms with van der Waals surface area (Å²) in [6.07, 6.45) is 3.48. The molecule has 1 aromatic heterocycles. The molecule has 2 heterocycles. The van der Waals surface area contributed by atoms with Gasteiger partial charge in [-0.2, -0.15) is 4.98 Å².